The molecule has 0 fully saturated rings. The number of rotatable bonds is 3. The van der Waals surface area contributed by atoms with Crippen LogP contribution in [0.4, 0.5) is 0 Å². The van der Waals surface area contributed by atoms with Gasteiger partial charge in [-0.05, 0) is 0 Å². The number of carbonyl (C=O) groups is 2. The smallest absolute Gasteiger partial charge is 0.335 e. The van der Waals surface area contributed by atoms with Crippen LogP contribution in [0.3, 0.4) is 0 Å². The molecule has 0 heterocycles. The van der Waals surface area contributed by atoms with Gasteiger partial charge in [0.1, 0.15) is 0 Å². The van der Waals surface area contributed by atoms with Crippen molar-refractivity contribution in [3.05, 3.63) is 0 Å². The summed E-state index contributed by atoms with van der Waals surface area (Å²) >= 11 is 0. The summed E-state index contributed by atoms with van der Waals surface area (Å²) in [5, 5.41) is 32.5. The minimum atomic E-state index is -2.27. The van der Waals surface area contributed by atoms with Crippen molar-refractivity contribution in [2.75, 3.05) is 0 Å². The van der Waals surface area contributed by atoms with Crippen molar-refractivity contribution in [3.63, 3.8) is 0 Å². The van der Waals surface area contributed by atoms with Gasteiger partial charge in [-0.3, -0.25) is 0 Å². The number of aliphatic hydroxyl groups excluding tert-OH is 2. The van der Waals surface area contributed by atoms with Crippen LogP contribution < -0.4 is 0 Å². The SMILES string of the molecule is O=C(O)[C@H](O)[C@@H](O)C(=O)O.[Sn]. The third-order valence-electron chi connectivity index (χ3n) is 0.805. The molecule has 0 unspecified atom stereocenters. The van der Waals surface area contributed by atoms with Crippen LogP contribution in [0.15, 0.2) is 0 Å². The van der Waals surface area contributed by atoms with Crippen LogP contribution in [-0.4, -0.2) is 68.5 Å². The molecule has 0 saturated heterocycles. The van der Waals surface area contributed by atoms with Crippen molar-refractivity contribution in [2.24, 2.45) is 0 Å². The molecular weight excluding hydrogens is 263 g/mol. The van der Waals surface area contributed by atoms with Gasteiger partial charge in [-0.2, -0.15) is 0 Å². The van der Waals surface area contributed by atoms with Crippen LogP contribution >= 0.6 is 0 Å². The topological polar surface area (TPSA) is 115 Å². The Hall–Kier alpha value is -0.341. The van der Waals surface area contributed by atoms with Crippen LogP contribution in [0, 0.1) is 0 Å². The van der Waals surface area contributed by atoms with Crippen molar-refractivity contribution in [3.8, 4) is 0 Å². The Kier molecular flexibility index (Phi) is 6.42. The van der Waals surface area contributed by atoms with E-state index in [-0.39, 0.29) is 23.9 Å². The molecule has 0 aromatic rings. The third kappa shape index (κ3) is 4.17. The zero-order valence-electron chi connectivity index (χ0n) is 5.26. The van der Waals surface area contributed by atoms with E-state index in [1.54, 1.807) is 0 Å². The van der Waals surface area contributed by atoms with E-state index < -0.39 is 24.1 Å². The van der Waals surface area contributed by atoms with Gasteiger partial charge in [0.15, 0.2) is 12.2 Å². The molecule has 4 radical (unpaired) electrons. The fourth-order valence-corrected chi connectivity index (χ4v) is 0.270. The first-order valence-corrected chi connectivity index (χ1v) is 2.28. The Balaban J connectivity index is 0. The van der Waals surface area contributed by atoms with Gasteiger partial charge in [0, 0.05) is 23.9 Å². The maximum Gasteiger partial charge on any atom is 0.335 e. The van der Waals surface area contributed by atoms with E-state index in [1.807, 2.05) is 0 Å². The Morgan fingerprint density at radius 1 is 0.909 bits per heavy atom. The molecule has 11 heavy (non-hydrogen) atoms. The summed E-state index contributed by atoms with van der Waals surface area (Å²) < 4.78 is 0. The Bertz CT molecular complexity index is 139. The number of aliphatic hydroxyl groups is 2. The first-order chi connectivity index (χ1) is 4.46. The van der Waals surface area contributed by atoms with E-state index in [2.05, 4.69) is 0 Å². The summed E-state index contributed by atoms with van der Waals surface area (Å²) in [6, 6.07) is 0. The fourth-order valence-electron chi connectivity index (χ4n) is 0.270. The van der Waals surface area contributed by atoms with Gasteiger partial charge in [0.05, 0.1) is 0 Å². The van der Waals surface area contributed by atoms with E-state index in [1.165, 1.54) is 0 Å². The predicted octanol–water partition coefficient (Wildman–Crippen LogP) is -2.50. The first-order valence-electron chi connectivity index (χ1n) is 2.28. The van der Waals surface area contributed by atoms with E-state index in [9.17, 15) is 9.59 Å². The summed E-state index contributed by atoms with van der Waals surface area (Å²) in [7, 11) is 0. The summed E-state index contributed by atoms with van der Waals surface area (Å²) in [5.41, 5.74) is 0. The molecule has 0 bridgehead atoms. The zero-order valence-corrected chi connectivity index (χ0v) is 8.11. The van der Waals surface area contributed by atoms with Crippen LogP contribution in [0.1, 0.15) is 0 Å². The van der Waals surface area contributed by atoms with E-state index in [4.69, 9.17) is 20.4 Å². The van der Waals surface area contributed by atoms with Gasteiger partial charge in [-0.1, -0.05) is 0 Å². The quantitative estimate of drug-likeness (QED) is 0.421. The maximum absolute atomic E-state index is 9.77. The number of hydrogen-bond acceptors (Lipinski definition) is 4. The van der Waals surface area contributed by atoms with Crippen molar-refractivity contribution >= 4 is 35.8 Å². The van der Waals surface area contributed by atoms with Crippen molar-refractivity contribution in [1.82, 2.24) is 0 Å². The number of hydrogen-bond donors (Lipinski definition) is 4. The Labute approximate surface area is 78.4 Å². The Morgan fingerprint density at radius 3 is 1.18 bits per heavy atom. The average molecular weight is 269 g/mol. The van der Waals surface area contributed by atoms with Crippen LogP contribution in [0.5, 0.6) is 0 Å². The fraction of sp³-hybridized carbons (Fsp3) is 0.500. The molecule has 4 N–H and O–H groups in total. The molecule has 0 rings (SSSR count). The Morgan fingerprint density at radius 2 is 1.09 bits per heavy atom. The molecule has 0 aromatic carbocycles. The molecular formula is C4H6O6Sn. The first kappa shape index (κ1) is 13.3. The molecule has 0 aliphatic heterocycles. The van der Waals surface area contributed by atoms with Crippen molar-refractivity contribution < 1.29 is 30.0 Å². The van der Waals surface area contributed by atoms with Gasteiger partial charge in [-0.15, -0.1) is 0 Å². The molecule has 0 amide bonds. The largest absolute Gasteiger partial charge is 0.479 e. The third-order valence-corrected chi connectivity index (χ3v) is 0.805. The van der Waals surface area contributed by atoms with E-state index >= 15 is 0 Å². The van der Waals surface area contributed by atoms with Gasteiger partial charge in [-0.25, -0.2) is 9.59 Å². The van der Waals surface area contributed by atoms with Crippen molar-refractivity contribution in [2.45, 2.75) is 12.2 Å². The molecule has 0 spiro atoms. The second kappa shape index (κ2) is 5.33. The molecule has 2 atom stereocenters. The summed E-state index contributed by atoms with van der Waals surface area (Å²) in [5.74, 6) is -3.54. The maximum atomic E-state index is 9.77. The van der Waals surface area contributed by atoms with Gasteiger partial charge < -0.3 is 20.4 Å². The van der Waals surface area contributed by atoms with E-state index in [0.29, 0.717) is 0 Å². The zero-order chi connectivity index (χ0) is 8.31. The minimum Gasteiger partial charge on any atom is -0.479 e. The van der Waals surface area contributed by atoms with Crippen molar-refractivity contribution in [1.29, 1.82) is 0 Å². The molecule has 6 nitrogen and oxygen atoms in total. The predicted molar refractivity (Wildman–Crippen MR) is 33.0 cm³/mol. The summed E-state index contributed by atoms with van der Waals surface area (Å²) in [6.45, 7) is 0. The average Bonchev–Trinajstić information content (AvgIpc) is 1.84. The normalized spacial score (nSPS) is 14.4. The van der Waals surface area contributed by atoms with Gasteiger partial charge in [0.2, 0.25) is 0 Å². The monoisotopic (exact) mass is 270 g/mol. The second-order valence-electron chi connectivity index (χ2n) is 1.57. The molecule has 7 heteroatoms. The molecule has 0 aliphatic carbocycles. The van der Waals surface area contributed by atoms with Crippen LogP contribution in [0.2, 0.25) is 0 Å². The van der Waals surface area contributed by atoms with E-state index in [0.717, 1.165) is 0 Å². The van der Waals surface area contributed by atoms with Crippen LogP contribution in [0.25, 0.3) is 0 Å². The standard InChI is InChI=1S/C4H6O6.Sn/c5-1(3(7)8)2(6)4(9)10;/h1-2,5-6H,(H,7,8)(H,9,10);/t1-,2-;/m1./s1. The van der Waals surface area contributed by atoms with Gasteiger partial charge in [0.25, 0.3) is 0 Å². The minimum absolute atomic E-state index is 0. The number of carboxylic acids is 2. The summed E-state index contributed by atoms with van der Waals surface area (Å²) in [4.78, 5) is 19.5. The number of carboxylic acid groups (broad SMARTS) is 2. The summed E-state index contributed by atoms with van der Waals surface area (Å²) in [6.07, 6.45) is -4.53. The van der Waals surface area contributed by atoms with Crippen LogP contribution in [-0.2, 0) is 9.59 Å². The molecule has 0 aromatic heterocycles. The molecule has 0 aliphatic rings. The molecule has 0 saturated carbocycles. The number of aliphatic carboxylic acids is 2. The molecule has 62 valence electrons. The van der Waals surface area contributed by atoms with Gasteiger partial charge >= 0.3 is 11.9 Å². The second-order valence-corrected chi connectivity index (χ2v) is 1.57.